The highest BCUT2D eigenvalue weighted by atomic mass is 16.5. The van der Waals surface area contributed by atoms with Crippen LogP contribution in [0.2, 0.25) is 0 Å². The Kier molecular flexibility index (Phi) is 7.06. The van der Waals surface area contributed by atoms with Crippen molar-refractivity contribution in [1.29, 1.82) is 0 Å². The van der Waals surface area contributed by atoms with Crippen LogP contribution in [0.5, 0.6) is 0 Å². The zero-order valence-corrected chi connectivity index (χ0v) is 9.56. The fraction of sp³-hybridized carbons (Fsp3) is 1.00. The lowest BCUT2D eigenvalue weighted by Gasteiger charge is -2.08. The lowest BCUT2D eigenvalue weighted by Crippen LogP contribution is -2.15. The first-order valence-electron chi connectivity index (χ1n) is 6.26. The molecule has 1 unspecified atom stereocenters. The van der Waals surface area contributed by atoms with E-state index in [-0.39, 0.29) is 0 Å². The second-order valence-corrected chi connectivity index (χ2v) is 4.23. The molecule has 0 aliphatic carbocycles. The number of ether oxygens (including phenoxy) is 1. The maximum atomic E-state index is 5.58. The van der Waals surface area contributed by atoms with E-state index >= 15 is 0 Å². The van der Waals surface area contributed by atoms with Crippen LogP contribution >= 0.6 is 0 Å². The van der Waals surface area contributed by atoms with Gasteiger partial charge in [0.15, 0.2) is 0 Å². The van der Waals surface area contributed by atoms with Gasteiger partial charge in [0.1, 0.15) is 0 Å². The van der Waals surface area contributed by atoms with Crippen molar-refractivity contribution < 1.29 is 4.74 Å². The minimum absolute atomic E-state index is 0.596. The number of hydrogen-bond acceptors (Lipinski definition) is 2. The average Bonchev–Trinajstić information content (AvgIpc) is 2.69. The first-order chi connectivity index (χ1) is 6.93. The second kappa shape index (κ2) is 8.25. The van der Waals surface area contributed by atoms with E-state index in [4.69, 9.17) is 4.74 Å². The zero-order chi connectivity index (χ0) is 10.1. The Morgan fingerprint density at radius 3 is 2.86 bits per heavy atom. The summed E-state index contributed by atoms with van der Waals surface area (Å²) in [5.74, 6) is 0. The molecule has 1 heterocycles. The summed E-state index contributed by atoms with van der Waals surface area (Å²) in [4.78, 5) is 0. The van der Waals surface area contributed by atoms with Crippen LogP contribution in [0.25, 0.3) is 0 Å². The predicted molar refractivity (Wildman–Crippen MR) is 60.6 cm³/mol. The minimum atomic E-state index is 0.596. The highest BCUT2D eigenvalue weighted by Crippen LogP contribution is 2.17. The van der Waals surface area contributed by atoms with Gasteiger partial charge in [-0.05, 0) is 45.2 Å². The SMILES string of the molecule is CCCNCCCCCC1CCCO1. The van der Waals surface area contributed by atoms with Crippen molar-refractivity contribution in [3.05, 3.63) is 0 Å². The van der Waals surface area contributed by atoms with E-state index in [9.17, 15) is 0 Å². The summed E-state index contributed by atoms with van der Waals surface area (Å²) in [5.41, 5.74) is 0. The summed E-state index contributed by atoms with van der Waals surface area (Å²) >= 11 is 0. The molecule has 0 saturated carbocycles. The van der Waals surface area contributed by atoms with Gasteiger partial charge in [-0.3, -0.25) is 0 Å². The van der Waals surface area contributed by atoms with Gasteiger partial charge in [0, 0.05) is 6.61 Å². The Morgan fingerprint density at radius 2 is 2.14 bits per heavy atom. The van der Waals surface area contributed by atoms with Crippen molar-refractivity contribution in [1.82, 2.24) is 5.32 Å². The predicted octanol–water partition coefficient (Wildman–Crippen LogP) is 2.73. The minimum Gasteiger partial charge on any atom is -0.378 e. The summed E-state index contributed by atoms with van der Waals surface area (Å²) in [6, 6.07) is 0. The molecule has 1 saturated heterocycles. The first kappa shape index (κ1) is 12.0. The quantitative estimate of drug-likeness (QED) is 0.607. The van der Waals surface area contributed by atoms with E-state index in [1.165, 1.54) is 58.0 Å². The molecule has 1 atom stereocenters. The molecule has 2 nitrogen and oxygen atoms in total. The van der Waals surface area contributed by atoms with E-state index in [0.29, 0.717) is 6.10 Å². The highest BCUT2D eigenvalue weighted by Gasteiger charge is 2.13. The summed E-state index contributed by atoms with van der Waals surface area (Å²) in [6.07, 6.45) is 9.74. The van der Waals surface area contributed by atoms with Crippen LogP contribution < -0.4 is 5.32 Å². The monoisotopic (exact) mass is 199 g/mol. The molecule has 0 amide bonds. The molecular formula is C12H25NO. The molecule has 0 aromatic heterocycles. The van der Waals surface area contributed by atoms with Gasteiger partial charge in [-0.1, -0.05) is 19.8 Å². The van der Waals surface area contributed by atoms with Crippen LogP contribution in [0, 0.1) is 0 Å². The number of unbranched alkanes of at least 4 members (excludes halogenated alkanes) is 2. The molecule has 14 heavy (non-hydrogen) atoms. The molecule has 0 radical (unpaired) electrons. The molecule has 1 rings (SSSR count). The molecule has 1 aliphatic rings. The summed E-state index contributed by atoms with van der Waals surface area (Å²) in [5, 5.41) is 3.43. The van der Waals surface area contributed by atoms with E-state index in [1.807, 2.05) is 0 Å². The maximum absolute atomic E-state index is 5.58. The van der Waals surface area contributed by atoms with Crippen molar-refractivity contribution in [3.8, 4) is 0 Å². The van der Waals surface area contributed by atoms with Crippen molar-refractivity contribution in [2.75, 3.05) is 19.7 Å². The van der Waals surface area contributed by atoms with Gasteiger partial charge >= 0.3 is 0 Å². The molecule has 0 spiro atoms. The van der Waals surface area contributed by atoms with Gasteiger partial charge in [0.25, 0.3) is 0 Å². The van der Waals surface area contributed by atoms with Gasteiger partial charge in [-0.25, -0.2) is 0 Å². The first-order valence-corrected chi connectivity index (χ1v) is 6.26. The third-order valence-electron chi connectivity index (χ3n) is 2.83. The van der Waals surface area contributed by atoms with Crippen LogP contribution in [0.3, 0.4) is 0 Å². The van der Waals surface area contributed by atoms with Crippen molar-refractivity contribution in [2.24, 2.45) is 0 Å². The van der Waals surface area contributed by atoms with Gasteiger partial charge in [-0.15, -0.1) is 0 Å². The smallest absolute Gasteiger partial charge is 0.0576 e. The van der Waals surface area contributed by atoms with Gasteiger partial charge in [-0.2, -0.15) is 0 Å². The maximum Gasteiger partial charge on any atom is 0.0576 e. The van der Waals surface area contributed by atoms with Gasteiger partial charge < -0.3 is 10.1 Å². The molecule has 2 heteroatoms. The Hall–Kier alpha value is -0.0800. The van der Waals surface area contributed by atoms with Crippen LogP contribution in [0.1, 0.15) is 51.9 Å². The summed E-state index contributed by atoms with van der Waals surface area (Å²) in [7, 11) is 0. The Labute approximate surface area is 88.4 Å². The van der Waals surface area contributed by atoms with Crippen molar-refractivity contribution in [2.45, 2.75) is 58.0 Å². The Balaban J connectivity index is 1.75. The zero-order valence-electron chi connectivity index (χ0n) is 9.56. The molecule has 1 fully saturated rings. The van der Waals surface area contributed by atoms with E-state index in [1.54, 1.807) is 0 Å². The molecule has 1 N–H and O–H groups in total. The van der Waals surface area contributed by atoms with E-state index in [2.05, 4.69) is 12.2 Å². The van der Waals surface area contributed by atoms with Crippen LogP contribution in [-0.4, -0.2) is 25.8 Å². The fourth-order valence-corrected chi connectivity index (χ4v) is 1.97. The van der Waals surface area contributed by atoms with Crippen molar-refractivity contribution >= 4 is 0 Å². The van der Waals surface area contributed by atoms with E-state index in [0.717, 1.165) is 6.61 Å². The topological polar surface area (TPSA) is 21.3 Å². The third kappa shape index (κ3) is 5.61. The number of hydrogen-bond donors (Lipinski definition) is 1. The van der Waals surface area contributed by atoms with Crippen molar-refractivity contribution in [3.63, 3.8) is 0 Å². The molecule has 0 aromatic carbocycles. The van der Waals surface area contributed by atoms with E-state index < -0.39 is 0 Å². The standard InChI is InChI=1S/C12H25NO/c1-2-9-13-10-5-3-4-7-12-8-6-11-14-12/h12-13H,2-11H2,1H3. The lowest BCUT2D eigenvalue weighted by atomic mass is 10.1. The Bertz CT molecular complexity index is 121. The Morgan fingerprint density at radius 1 is 1.21 bits per heavy atom. The molecular weight excluding hydrogens is 174 g/mol. The van der Waals surface area contributed by atoms with Gasteiger partial charge in [0.05, 0.1) is 6.10 Å². The number of rotatable bonds is 8. The average molecular weight is 199 g/mol. The normalized spacial score (nSPS) is 21.6. The summed E-state index contributed by atoms with van der Waals surface area (Å²) in [6.45, 7) is 5.58. The van der Waals surface area contributed by atoms with Gasteiger partial charge in [0.2, 0.25) is 0 Å². The molecule has 0 aromatic rings. The summed E-state index contributed by atoms with van der Waals surface area (Å²) < 4.78 is 5.58. The lowest BCUT2D eigenvalue weighted by molar-refractivity contribution is 0.102. The highest BCUT2D eigenvalue weighted by molar-refractivity contribution is 4.64. The largest absolute Gasteiger partial charge is 0.378 e. The van der Waals surface area contributed by atoms with Crippen LogP contribution in [0.15, 0.2) is 0 Å². The van der Waals surface area contributed by atoms with Crippen LogP contribution in [0.4, 0.5) is 0 Å². The molecule has 84 valence electrons. The number of nitrogens with one attached hydrogen (secondary N) is 1. The molecule has 1 aliphatic heterocycles. The fourth-order valence-electron chi connectivity index (χ4n) is 1.97. The second-order valence-electron chi connectivity index (χ2n) is 4.23. The molecule has 0 bridgehead atoms. The third-order valence-corrected chi connectivity index (χ3v) is 2.83. The van der Waals surface area contributed by atoms with Crippen LogP contribution in [-0.2, 0) is 4.74 Å².